The van der Waals surface area contributed by atoms with Gasteiger partial charge in [-0.15, -0.1) is 0 Å². The largest absolute Gasteiger partial charge is 0.496 e. The summed E-state index contributed by atoms with van der Waals surface area (Å²) in [6, 6.07) is 2.81. The van der Waals surface area contributed by atoms with E-state index in [9.17, 15) is 13.9 Å². The Labute approximate surface area is 104 Å². The Balaban J connectivity index is 2.39. The maximum Gasteiger partial charge on any atom is 0.267 e. The van der Waals surface area contributed by atoms with Gasteiger partial charge in [0.15, 0.2) is 0 Å². The average Bonchev–Trinajstić information content (AvgIpc) is 3.06. The molecule has 0 spiro atoms. The number of alkyl halides is 2. The van der Waals surface area contributed by atoms with Gasteiger partial charge in [0.1, 0.15) is 11.5 Å². The van der Waals surface area contributed by atoms with Crippen molar-refractivity contribution in [2.45, 2.75) is 31.3 Å². The molecule has 1 aromatic carbocycles. The van der Waals surface area contributed by atoms with Gasteiger partial charge in [0.2, 0.25) is 0 Å². The van der Waals surface area contributed by atoms with Crippen molar-refractivity contribution < 1.29 is 23.4 Å². The van der Waals surface area contributed by atoms with Crippen molar-refractivity contribution in [3.05, 3.63) is 23.3 Å². The minimum Gasteiger partial charge on any atom is -0.496 e. The molecule has 1 N–H and O–H groups in total. The molecular formula is C13H16F2O3. The Morgan fingerprint density at radius 1 is 1.22 bits per heavy atom. The minimum atomic E-state index is -2.61. The van der Waals surface area contributed by atoms with E-state index in [2.05, 4.69) is 0 Å². The molecule has 100 valence electrons. The van der Waals surface area contributed by atoms with Gasteiger partial charge in [-0.1, -0.05) is 0 Å². The molecule has 0 atom stereocenters. The van der Waals surface area contributed by atoms with Gasteiger partial charge in [-0.05, 0) is 24.5 Å². The number of methoxy groups -OCH3 is 2. The van der Waals surface area contributed by atoms with Crippen LogP contribution in [0.1, 0.15) is 30.4 Å². The fourth-order valence-electron chi connectivity index (χ4n) is 1.98. The lowest BCUT2D eigenvalue weighted by atomic mass is 10.0. The highest BCUT2D eigenvalue weighted by atomic mass is 19.3. The van der Waals surface area contributed by atoms with E-state index >= 15 is 0 Å². The molecule has 1 saturated carbocycles. The van der Waals surface area contributed by atoms with Gasteiger partial charge in [-0.2, -0.15) is 0 Å². The molecule has 3 nitrogen and oxygen atoms in total. The normalized spacial score (nSPS) is 16.8. The molecule has 0 radical (unpaired) electrons. The van der Waals surface area contributed by atoms with Crippen molar-refractivity contribution in [2.24, 2.45) is 0 Å². The quantitative estimate of drug-likeness (QED) is 0.882. The van der Waals surface area contributed by atoms with Crippen LogP contribution in [0.2, 0.25) is 0 Å². The van der Waals surface area contributed by atoms with Crippen LogP contribution in [0.3, 0.4) is 0 Å². The highest BCUT2D eigenvalue weighted by molar-refractivity contribution is 5.48. The molecule has 1 aliphatic rings. The molecule has 2 rings (SSSR count). The summed E-state index contributed by atoms with van der Waals surface area (Å²) in [6.45, 7) is 0. The monoisotopic (exact) mass is 258 g/mol. The highest BCUT2D eigenvalue weighted by Gasteiger charge is 2.41. The van der Waals surface area contributed by atoms with E-state index in [0.29, 0.717) is 30.6 Å². The van der Waals surface area contributed by atoms with Crippen LogP contribution in [0.25, 0.3) is 0 Å². The van der Waals surface area contributed by atoms with Gasteiger partial charge < -0.3 is 14.6 Å². The van der Waals surface area contributed by atoms with Gasteiger partial charge >= 0.3 is 0 Å². The molecule has 0 bridgehead atoms. The van der Waals surface area contributed by atoms with Gasteiger partial charge in [0, 0.05) is 12.5 Å². The van der Waals surface area contributed by atoms with E-state index < -0.39 is 12.0 Å². The Morgan fingerprint density at radius 2 is 1.83 bits per heavy atom. The standard InChI is InChI=1S/C13H16F2O3/c1-17-10-6-11(18-2)9(12(14)15)5-8(10)7-13(16)3-4-13/h5-6,12,16H,3-4,7H2,1-2H3. The minimum absolute atomic E-state index is 0.105. The molecule has 0 unspecified atom stereocenters. The second-order valence-electron chi connectivity index (χ2n) is 4.61. The van der Waals surface area contributed by atoms with Crippen LogP contribution in [-0.4, -0.2) is 24.9 Å². The van der Waals surface area contributed by atoms with E-state index in [4.69, 9.17) is 9.47 Å². The summed E-state index contributed by atoms with van der Waals surface area (Å²) in [7, 11) is 2.81. The van der Waals surface area contributed by atoms with E-state index in [1.807, 2.05) is 0 Å². The molecule has 1 aromatic rings. The maximum absolute atomic E-state index is 12.9. The van der Waals surface area contributed by atoms with Crippen molar-refractivity contribution >= 4 is 0 Å². The maximum atomic E-state index is 12.9. The number of aliphatic hydroxyl groups is 1. The lowest BCUT2D eigenvalue weighted by Crippen LogP contribution is -2.12. The number of benzene rings is 1. The fraction of sp³-hybridized carbons (Fsp3) is 0.538. The van der Waals surface area contributed by atoms with E-state index in [0.717, 1.165) is 0 Å². The third-order valence-corrected chi connectivity index (χ3v) is 3.21. The van der Waals surface area contributed by atoms with E-state index in [-0.39, 0.29) is 11.3 Å². The molecule has 5 heteroatoms. The van der Waals surface area contributed by atoms with Gasteiger partial charge in [-0.3, -0.25) is 0 Å². The lowest BCUT2D eigenvalue weighted by molar-refractivity contribution is 0.143. The summed E-state index contributed by atoms with van der Waals surface area (Å²) in [5.74, 6) is 0.574. The van der Waals surface area contributed by atoms with Crippen molar-refractivity contribution in [3.8, 4) is 11.5 Å². The predicted molar refractivity (Wildman–Crippen MR) is 62.4 cm³/mol. The summed E-state index contributed by atoms with van der Waals surface area (Å²) >= 11 is 0. The molecule has 0 saturated heterocycles. The van der Waals surface area contributed by atoms with Crippen LogP contribution < -0.4 is 9.47 Å². The van der Waals surface area contributed by atoms with Crippen LogP contribution in [0.15, 0.2) is 12.1 Å². The molecule has 0 aromatic heterocycles. The Bertz CT molecular complexity index is 442. The zero-order chi connectivity index (χ0) is 13.3. The molecule has 0 amide bonds. The first-order chi connectivity index (χ1) is 8.49. The Kier molecular flexibility index (Phi) is 3.43. The van der Waals surface area contributed by atoms with Crippen LogP contribution >= 0.6 is 0 Å². The zero-order valence-electron chi connectivity index (χ0n) is 10.4. The number of hydrogen-bond acceptors (Lipinski definition) is 3. The topological polar surface area (TPSA) is 38.7 Å². The van der Waals surface area contributed by atoms with E-state index in [1.54, 1.807) is 0 Å². The van der Waals surface area contributed by atoms with Gasteiger partial charge in [0.05, 0.1) is 25.4 Å². The second kappa shape index (κ2) is 4.72. The van der Waals surface area contributed by atoms with Crippen molar-refractivity contribution in [1.82, 2.24) is 0 Å². The van der Waals surface area contributed by atoms with Crippen molar-refractivity contribution in [3.63, 3.8) is 0 Å². The highest BCUT2D eigenvalue weighted by Crippen LogP contribution is 2.42. The van der Waals surface area contributed by atoms with Crippen LogP contribution in [-0.2, 0) is 6.42 Å². The Morgan fingerprint density at radius 3 is 2.28 bits per heavy atom. The number of halogens is 2. The predicted octanol–water partition coefficient (Wildman–Crippen LogP) is 2.71. The van der Waals surface area contributed by atoms with Crippen LogP contribution in [0.4, 0.5) is 8.78 Å². The van der Waals surface area contributed by atoms with E-state index in [1.165, 1.54) is 26.4 Å². The molecule has 1 fully saturated rings. The number of rotatable bonds is 5. The van der Waals surface area contributed by atoms with Crippen LogP contribution in [0.5, 0.6) is 11.5 Å². The number of ether oxygens (including phenoxy) is 2. The fourth-order valence-corrected chi connectivity index (χ4v) is 1.98. The molecule has 1 aliphatic carbocycles. The third kappa shape index (κ3) is 2.56. The summed E-state index contributed by atoms with van der Waals surface area (Å²) in [5, 5.41) is 9.88. The molecule has 0 aliphatic heterocycles. The van der Waals surface area contributed by atoms with Crippen molar-refractivity contribution in [1.29, 1.82) is 0 Å². The molecule has 18 heavy (non-hydrogen) atoms. The first-order valence-electron chi connectivity index (χ1n) is 5.74. The third-order valence-electron chi connectivity index (χ3n) is 3.21. The summed E-state index contributed by atoms with van der Waals surface area (Å²) in [4.78, 5) is 0. The average molecular weight is 258 g/mol. The lowest BCUT2D eigenvalue weighted by Gasteiger charge is -2.16. The number of hydrogen-bond donors (Lipinski definition) is 1. The molecule has 0 heterocycles. The zero-order valence-corrected chi connectivity index (χ0v) is 10.4. The van der Waals surface area contributed by atoms with Crippen LogP contribution in [0, 0.1) is 0 Å². The second-order valence-corrected chi connectivity index (χ2v) is 4.61. The SMILES string of the molecule is COc1cc(OC)c(C(F)F)cc1CC1(O)CC1. The summed E-state index contributed by atoms with van der Waals surface area (Å²) in [5.41, 5.74) is -0.326. The first kappa shape index (κ1) is 13.1. The van der Waals surface area contributed by atoms with Gasteiger partial charge in [0.25, 0.3) is 6.43 Å². The summed E-state index contributed by atoms with van der Waals surface area (Å²) < 4.78 is 35.9. The smallest absolute Gasteiger partial charge is 0.267 e. The van der Waals surface area contributed by atoms with Gasteiger partial charge in [-0.25, -0.2) is 8.78 Å². The first-order valence-corrected chi connectivity index (χ1v) is 5.74. The molecular weight excluding hydrogens is 242 g/mol. The Hall–Kier alpha value is -1.36. The van der Waals surface area contributed by atoms with Crippen molar-refractivity contribution in [2.75, 3.05) is 14.2 Å². The summed E-state index contributed by atoms with van der Waals surface area (Å²) in [6.07, 6.45) is -0.878.